The first-order chi connectivity index (χ1) is 10.5. The molecule has 1 N–H and O–H groups in total. The number of hydrogen-bond donors (Lipinski definition) is 1. The predicted molar refractivity (Wildman–Crippen MR) is 83.8 cm³/mol. The molecular formula is C15H15Cl2N3O2. The summed E-state index contributed by atoms with van der Waals surface area (Å²) in [6.07, 6.45) is 1.24. The van der Waals surface area contributed by atoms with Gasteiger partial charge in [-0.1, -0.05) is 23.2 Å². The fourth-order valence-electron chi connectivity index (χ4n) is 2.36. The minimum Gasteiger partial charge on any atom is -0.349 e. The van der Waals surface area contributed by atoms with Crippen LogP contribution in [0.2, 0.25) is 10.0 Å². The van der Waals surface area contributed by atoms with Gasteiger partial charge in [0, 0.05) is 24.7 Å². The highest BCUT2D eigenvalue weighted by atomic mass is 35.5. The van der Waals surface area contributed by atoms with E-state index in [9.17, 15) is 9.59 Å². The Labute approximate surface area is 138 Å². The van der Waals surface area contributed by atoms with E-state index in [1.54, 1.807) is 17.0 Å². The Balaban J connectivity index is 1.88. The third-order valence-electron chi connectivity index (χ3n) is 3.59. The molecule has 1 saturated heterocycles. The van der Waals surface area contributed by atoms with Crippen LogP contribution in [0, 0.1) is 11.3 Å². The number of rotatable bonds is 3. The van der Waals surface area contributed by atoms with Crippen molar-refractivity contribution in [2.45, 2.75) is 25.3 Å². The average Bonchev–Trinajstić information content (AvgIpc) is 2.51. The molecular weight excluding hydrogens is 325 g/mol. The largest absolute Gasteiger partial charge is 0.349 e. The second-order valence-electron chi connectivity index (χ2n) is 5.09. The maximum Gasteiger partial charge on any atom is 0.251 e. The molecule has 0 spiro atoms. The van der Waals surface area contributed by atoms with Gasteiger partial charge in [0.2, 0.25) is 5.91 Å². The topological polar surface area (TPSA) is 73.2 Å². The van der Waals surface area contributed by atoms with E-state index in [0.717, 1.165) is 0 Å². The van der Waals surface area contributed by atoms with Crippen molar-refractivity contribution in [3.63, 3.8) is 0 Å². The fourth-order valence-corrected chi connectivity index (χ4v) is 2.66. The number of halogens is 2. The zero-order valence-corrected chi connectivity index (χ0v) is 13.3. The third kappa shape index (κ3) is 4.12. The van der Waals surface area contributed by atoms with Crippen molar-refractivity contribution >= 4 is 35.0 Å². The van der Waals surface area contributed by atoms with Crippen molar-refractivity contribution in [1.82, 2.24) is 10.2 Å². The lowest BCUT2D eigenvalue weighted by molar-refractivity contribution is -0.131. The normalized spacial score (nSPS) is 15.2. The van der Waals surface area contributed by atoms with E-state index < -0.39 is 0 Å². The molecule has 0 radical (unpaired) electrons. The van der Waals surface area contributed by atoms with Crippen LogP contribution in [-0.4, -0.2) is 35.8 Å². The smallest absolute Gasteiger partial charge is 0.251 e. The van der Waals surface area contributed by atoms with Crippen molar-refractivity contribution in [1.29, 1.82) is 5.26 Å². The molecule has 1 aliphatic rings. The number of nitrogens with zero attached hydrogens (tertiary/aromatic N) is 2. The molecule has 0 unspecified atom stereocenters. The number of benzene rings is 1. The van der Waals surface area contributed by atoms with E-state index in [2.05, 4.69) is 5.32 Å². The molecule has 2 rings (SSSR count). The second-order valence-corrected chi connectivity index (χ2v) is 5.91. The minimum absolute atomic E-state index is 0.00749. The summed E-state index contributed by atoms with van der Waals surface area (Å²) in [5.41, 5.74) is 0.456. The number of amides is 2. The van der Waals surface area contributed by atoms with Gasteiger partial charge in [0.15, 0.2) is 0 Å². The quantitative estimate of drug-likeness (QED) is 0.919. The van der Waals surface area contributed by atoms with Crippen molar-refractivity contribution in [2.75, 3.05) is 13.1 Å². The molecule has 22 heavy (non-hydrogen) atoms. The van der Waals surface area contributed by atoms with Crippen LogP contribution < -0.4 is 5.32 Å². The molecule has 1 aromatic rings. The Bertz CT molecular complexity index is 620. The molecule has 1 heterocycles. The van der Waals surface area contributed by atoms with Gasteiger partial charge in [0.05, 0.1) is 16.1 Å². The first-order valence-corrected chi connectivity index (χ1v) is 7.67. The Kier molecular flexibility index (Phi) is 5.64. The molecule has 1 fully saturated rings. The van der Waals surface area contributed by atoms with Crippen LogP contribution in [0.15, 0.2) is 18.2 Å². The van der Waals surface area contributed by atoms with Crippen molar-refractivity contribution in [3.8, 4) is 6.07 Å². The maximum atomic E-state index is 12.2. The van der Waals surface area contributed by atoms with Crippen LogP contribution in [0.4, 0.5) is 0 Å². The molecule has 0 aliphatic carbocycles. The SMILES string of the molecule is N#CCC(=O)N1CCC(NC(=O)c2ccc(Cl)c(Cl)c2)CC1. The van der Waals surface area contributed by atoms with Crippen molar-refractivity contribution in [3.05, 3.63) is 33.8 Å². The highest BCUT2D eigenvalue weighted by Gasteiger charge is 2.24. The van der Waals surface area contributed by atoms with Crippen molar-refractivity contribution < 1.29 is 9.59 Å². The van der Waals surface area contributed by atoms with Crippen LogP contribution in [-0.2, 0) is 4.79 Å². The fraction of sp³-hybridized carbons (Fsp3) is 0.400. The van der Waals surface area contributed by atoms with E-state index in [0.29, 0.717) is 41.5 Å². The highest BCUT2D eigenvalue weighted by molar-refractivity contribution is 6.42. The summed E-state index contributed by atoms with van der Waals surface area (Å²) >= 11 is 11.7. The van der Waals surface area contributed by atoms with Gasteiger partial charge >= 0.3 is 0 Å². The van der Waals surface area contributed by atoms with E-state index >= 15 is 0 Å². The summed E-state index contributed by atoms with van der Waals surface area (Å²) in [5, 5.41) is 12.2. The van der Waals surface area contributed by atoms with Gasteiger partial charge in [-0.25, -0.2) is 0 Å². The summed E-state index contributed by atoms with van der Waals surface area (Å²) in [6, 6.07) is 6.60. The lowest BCUT2D eigenvalue weighted by atomic mass is 10.0. The maximum absolute atomic E-state index is 12.2. The van der Waals surface area contributed by atoms with Crippen LogP contribution in [0.1, 0.15) is 29.6 Å². The van der Waals surface area contributed by atoms with Gasteiger partial charge < -0.3 is 10.2 Å². The molecule has 116 valence electrons. The van der Waals surface area contributed by atoms with Crippen LogP contribution in [0.5, 0.6) is 0 Å². The summed E-state index contributed by atoms with van der Waals surface area (Å²) in [5.74, 6) is -0.364. The number of hydrogen-bond acceptors (Lipinski definition) is 3. The Morgan fingerprint density at radius 2 is 1.95 bits per heavy atom. The van der Waals surface area contributed by atoms with E-state index in [1.807, 2.05) is 6.07 Å². The average molecular weight is 340 g/mol. The van der Waals surface area contributed by atoms with Crippen LogP contribution >= 0.6 is 23.2 Å². The molecule has 1 aromatic carbocycles. The number of carbonyl (C=O) groups is 2. The van der Waals surface area contributed by atoms with Crippen molar-refractivity contribution in [2.24, 2.45) is 0 Å². The van der Waals surface area contributed by atoms with Gasteiger partial charge in [-0.2, -0.15) is 5.26 Å². The lowest BCUT2D eigenvalue weighted by Gasteiger charge is -2.32. The summed E-state index contributed by atoms with van der Waals surface area (Å²) < 4.78 is 0. The molecule has 5 nitrogen and oxygen atoms in total. The first kappa shape index (κ1) is 16.6. The van der Waals surface area contributed by atoms with E-state index in [1.165, 1.54) is 6.07 Å². The molecule has 0 atom stereocenters. The van der Waals surface area contributed by atoms with Crippen LogP contribution in [0.3, 0.4) is 0 Å². The van der Waals surface area contributed by atoms with Gasteiger partial charge in [-0.15, -0.1) is 0 Å². The minimum atomic E-state index is -0.208. The number of carbonyl (C=O) groups excluding carboxylic acids is 2. The summed E-state index contributed by atoms with van der Waals surface area (Å²) in [7, 11) is 0. The second kappa shape index (κ2) is 7.48. The van der Waals surface area contributed by atoms with Gasteiger partial charge in [-0.3, -0.25) is 9.59 Å². The number of piperidine rings is 1. The summed E-state index contributed by atoms with van der Waals surface area (Å²) in [4.78, 5) is 25.4. The number of nitriles is 1. The molecule has 2 amide bonds. The standard InChI is InChI=1S/C15H15Cl2N3O2/c16-12-2-1-10(9-13(12)17)15(22)19-11-4-7-20(8-5-11)14(21)3-6-18/h1-2,9,11H,3-5,7-8H2,(H,19,22). The predicted octanol–water partition coefficient (Wildman–Crippen LogP) is 2.63. The zero-order chi connectivity index (χ0) is 16.1. The van der Waals surface area contributed by atoms with Crippen LogP contribution in [0.25, 0.3) is 0 Å². The molecule has 7 heteroatoms. The lowest BCUT2D eigenvalue weighted by Crippen LogP contribution is -2.46. The Morgan fingerprint density at radius 1 is 1.27 bits per heavy atom. The number of nitrogens with one attached hydrogen (secondary N) is 1. The number of likely N-dealkylation sites (tertiary alicyclic amines) is 1. The molecule has 0 bridgehead atoms. The van der Waals surface area contributed by atoms with Gasteiger partial charge in [0.1, 0.15) is 6.42 Å². The third-order valence-corrected chi connectivity index (χ3v) is 4.33. The monoisotopic (exact) mass is 339 g/mol. The Morgan fingerprint density at radius 3 is 2.55 bits per heavy atom. The zero-order valence-electron chi connectivity index (χ0n) is 11.8. The highest BCUT2D eigenvalue weighted by Crippen LogP contribution is 2.22. The van der Waals surface area contributed by atoms with Gasteiger partial charge in [-0.05, 0) is 31.0 Å². The van der Waals surface area contributed by atoms with E-state index in [-0.39, 0.29) is 24.3 Å². The first-order valence-electron chi connectivity index (χ1n) is 6.92. The Hall–Kier alpha value is -1.77. The molecule has 1 aliphatic heterocycles. The van der Waals surface area contributed by atoms with E-state index in [4.69, 9.17) is 28.5 Å². The summed E-state index contributed by atoms with van der Waals surface area (Å²) in [6.45, 7) is 1.10. The molecule has 0 aromatic heterocycles. The molecule has 0 saturated carbocycles. The van der Waals surface area contributed by atoms with Gasteiger partial charge in [0.25, 0.3) is 5.91 Å².